The molecule has 0 unspecified atom stereocenters. The highest BCUT2D eigenvalue weighted by molar-refractivity contribution is 5.85. The van der Waals surface area contributed by atoms with Gasteiger partial charge in [-0.15, -0.1) is 0 Å². The Morgan fingerprint density at radius 2 is 0.857 bits per heavy atom. The highest BCUT2D eigenvalue weighted by Gasteiger charge is 2.13. The van der Waals surface area contributed by atoms with Gasteiger partial charge in [0.1, 0.15) is 35.2 Å². The van der Waals surface area contributed by atoms with Gasteiger partial charge in [0.25, 0.3) is 0 Å². The fourth-order valence-electron chi connectivity index (χ4n) is 4.25. The normalized spacial score (nSPS) is 10.7. The van der Waals surface area contributed by atoms with E-state index in [9.17, 15) is 30.0 Å². The highest BCUT2D eigenvalue weighted by Crippen LogP contribution is 2.31. The van der Waals surface area contributed by atoms with Gasteiger partial charge < -0.3 is 38.7 Å². The standard InChI is InChI=1S/2C16H12O5/c2*1-20-10-4-2-9(3-5-10)12-8-21-15-7-14(18)13(17)6-11(15)16(12)19/h2*2-8,17-18H,1H3. The minimum atomic E-state index is -0.360. The number of methoxy groups -OCH3 is 2. The van der Waals surface area contributed by atoms with Crippen LogP contribution >= 0.6 is 0 Å². The van der Waals surface area contributed by atoms with Crippen molar-refractivity contribution in [3.8, 4) is 56.8 Å². The molecular weight excluding hydrogens is 544 g/mol. The molecule has 0 aliphatic heterocycles. The van der Waals surface area contributed by atoms with Crippen LogP contribution in [-0.2, 0) is 0 Å². The Bertz CT molecular complexity index is 1870. The molecule has 0 saturated carbocycles. The molecular formula is C32H24O10. The van der Waals surface area contributed by atoms with Crippen molar-refractivity contribution in [2.24, 2.45) is 0 Å². The Morgan fingerprint density at radius 1 is 0.524 bits per heavy atom. The molecule has 0 aliphatic rings. The zero-order valence-corrected chi connectivity index (χ0v) is 22.3. The molecule has 0 bridgehead atoms. The predicted molar refractivity (Wildman–Crippen MR) is 156 cm³/mol. The van der Waals surface area contributed by atoms with Crippen LogP contribution in [-0.4, -0.2) is 34.6 Å². The molecule has 0 radical (unpaired) electrons. The van der Waals surface area contributed by atoms with Gasteiger partial charge >= 0.3 is 0 Å². The van der Waals surface area contributed by atoms with E-state index in [1.165, 1.54) is 36.8 Å². The number of benzene rings is 4. The summed E-state index contributed by atoms with van der Waals surface area (Å²) in [6.07, 6.45) is 2.67. The number of hydrogen-bond donors (Lipinski definition) is 4. The third kappa shape index (κ3) is 5.28. The average molecular weight is 569 g/mol. The molecule has 0 amide bonds. The van der Waals surface area contributed by atoms with Crippen molar-refractivity contribution in [2.45, 2.75) is 0 Å². The molecule has 2 aromatic heterocycles. The topological polar surface area (TPSA) is 160 Å². The molecule has 0 saturated heterocycles. The minimum absolute atomic E-state index is 0.207. The lowest BCUT2D eigenvalue weighted by atomic mass is 10.1. The summed E-state index contributed by atoms with van der Waals surface area (Å²) in [6, 6.07) is 18.8. The van der Waals surface area contributed by atoms with Gasteiger partial charge in [-0.3, -0.25) is 9.59 Å². The van der Waals surface area contributed by atoms with Crippen LogP contribution in [0.4, 0.5) is 0 Å². The van der Waals surface area contributed by atoms with Gasteiger partial charge in [0, 0.05) is 12.1 Å². The zero-order valence-electron chi connectivity index (χ0n) is 22.3. The zero-order chi connectivity index (χ0) is 30.0. The first-order chi connectivity index (χ1) is 20.2. The summed E-state index contributed by atoms with van der Waals surface area (Å²) in [7, 11) is 3.13. The second kappa shape index (κ2) is 11.3. The molecule has 10 nitrogen and oxygen atoms in total. The van der Waals surface area contributed by atoms with Crippen LogP contribution < -0.4 is 20.3 Å². The van der Waals surface area contributed by atoms with Crippen LogP contribution in [0.2, 0.25) is 0 Å². The fraction of sp³-hybridized carbons (Fsp3) is 0.0625. The summed E-state index contributed by atoms with van der Waals surface area (Å²) in [5.41, 5.74) is 1.97. The molecule has 6 rings (SSSR count). The molecule has 4 aromatic carbocycles. The average Bonchev–Trinajstić information content (AvgIpc) is 3.00. The first-order valence-corrected chi connectivity index (χ1v) is 12.4. The van der Waals surface area contributed by atoms with E-state index in [1.54, 1.807) is 62.8 Å². The van der Waals surface area contributed by atoms with E-state index in [0.29, 0.717) is 33.8 Å². The summed E-state index contributed by atoms with van der Waals surface area (Å²) < 4.78 is 20.9. The molecule has 0 spiro atoms. The summed E-state index contributed by atoms with van der Waals surface area (Å²) in [6.45, 7) is 0. The Kier molecular flexibility index (Phi) is 7.44. The first kappa shape index (κ1) is 27.7. The maximum absolute atomic E-state index is 12.5. The summed E-state index contributed by atoms with van der Waals surface area (Å²) in [5, 5.41) is 38.3. The second-order valence-corrected chi connectivity index (χ2v) is 9.09. The Balaban J connectivity index is 0.000000168. The van der Waals surface area contributed by atoms with Crippen LogP contribution in [0.25, 0.3) is 44.2 Å². The van der Waals surface area contributed by atoms with Crippen molar-refractivity contribution in [1.29, 1.82) is 0 Å². The number of phenols is 4. The van der Waals surface area contributed by atoms with Crippen LogP contribution in [0.15, 0.2) is 104 Å². The molecule has 6 aromatic rings. The predicted octanol–water partition coefficient (Wildman–Crippen LogP) is 5.76. The summed E-state index contributed by atoms with van der Waals surface area (Å²) in [4.78, 5) is 24.9. The molecule has 2 heterocycles. The maximum Gasteiger partial charge on any atom is 0.200 e. The SMILES string of the molecule is COc1ccc(-c2coc3cc(O)c(O)cc3c2=O)cc1.COc1ccc(-c2coc3cc(O)c(O)cc3c2=O)cc1. The number of fused-ring (bicyclic) bond motifs is 2. The van der Waals surface area contributed by atoms with Gasteiger partial charge in [0.2, 0.25) is 10.9 Å². The van der Waals surface area contributed by atoms with Crippen LogP contribution in [0.3, 0.4) is 0 Å². The molecule has 0 fully saturated rings. The van der Waals surface area contributed by atoms with Crippen LogP contribution in [0.1, 0.15) is 0 Å². The van der Waals surface area contributed by atoms with Crippen molar-refractivity contribution in [3.05, 3.63) is 106 Å². The van der Waals surface area contributed by atoms with E-state index < -0.39 is 0 Å². The van der Waals surface area contributed by atoms with E-state index in [2.05, 4.69) is 0 Å². The lowest BCUT2D eigenvalue weighted by Crippen LogP contribution is -2.04. The number of phenolic OH excluding ortho intramolecular Hbond substituents is 4. The van der Waals surface area contributed by atoms with Gasteiger partial charge in [-0.1, -0.05) is 24.3 Å². The van der Waals surface area contributed by atoms with Crippen molar-refractivity contribution in [3.63, 3.8) is 0 Å². The Morgan fingerprint density at radius 3 is 1.19 bits per heavy atom. The van der Waals surface area contributed by atoms with Crippen LogP contribution in [0, 0.1) is 0 Å². The quantitative estimate of drug-likeness (QED) is 0.193. The van der Waals surface area contributed by atoms with E-state index in [-0.39, 0.29) is 55.8 Å². The first-order valence-electron chi connectivity index (χ1n) is 12.4. The van der Waals surface area contributed by atoms with Crippen LogP contribution in [0.5, 0.6) is 34.5 Å². The lowest BCUT2D eigenvalue weighted by Gasteiger charge is -2.05. The fourth-order valence-corrected chi connectivity index (χ4v) is 4.25. The van der Waals surface area contributed by atoms with E-state index in [4.69, 9.17) is 18.3 Å². The molecule has 0 atom stereocenters. The van der Waals surface area contributed by atoms with Crippen molar-refractivity contribution < 1.29 is 38.7 Å². The van der Waals surface area contributed by atoms with Crippen molar-refractivity contribution >= 4 is 21.9 Å². The minimum Gasteiger partial charge on any atom is -0.504 e. The van der Waals surface area contributed by atoms with Gasteiger partial charge in [-0.2, -0.15) is 0 Å². The number of hydrogen-bond acceptors (Lipinski definition) is 10. The van der Waals surface area contributed by atoms with E-state index >= 15 is 0 Å². The Hall–Kier alpha value is -5.90. The summed E-state index contributed by atoms with van der Waals surface area (Å²) >= 11 is 0. The second-order valence-electron chi connectivity index (χ2n) is 9.09. The van der Waals surface area contributed by atoms with Gasteiger partial charge in [-0.25, -0.2) is 0 Å². The molecule has 42 heavy (non-hydrogen) atoms. The highest BCUT2D eigenvalue weighted by atomic mass is 16.5. The maximum atomic E-state index is 12.5. The van der Waals surface area contributed by atoms with Gasteiger partial charge in [0.05, 0.1) is 36.1 Å². The number of aromatic hydroxyl groups is 4. The van der Waals surface area contributed by atoms with Crippen molar-refractivity contribution in [2.75, 3.05) is 14.2 Å². The number of ether oxygens (including phenoxy) is 2. The molecule has 10 heteroatoms. The molecule has 212 valence electrons. The van der Waals surface area contributed by atoms with Gasteiger partial charge in [-0.05, 0) is 47.5 Å². The van der Waals surface area contributed by atoms with Crippen molar-refractivity contribution in [1.82, 2.24) is 0 Å². The largest absolute Gasteiger partial charge is 0.504 e. The third-order valence-corrected chi connectivity index (χ3v) is 6.54. The smallest absolute Gasteiger partial charge is 0.200 e. The molecule has 4 N–H and O–H groups in total. The molecule has 0 aliphatic carbocycles. The Labute approximate surface area is 237 Å². The lowest BCUT2D eigenvalue weighted by molar-refractivity contribution is 0.403. The monoisotopic (exact) mass is 568 g/mol. The van der Waals surface area contributed by atoms with E-state index in [1.807, 2.05) is 0 Å². The summed E-state index contributed by atoms with van der Waals surface area (Å²) in [5.74, 6) is -0.00737. The van der Waals surface area contributed by atoms with E-state index in [0.717, 1.165) is 0 Å². The third-order valence-electron chi connectivity index (χ3n) is 6.54. The van der Waals surface area contributed by atoms with Gasteiger partial charge in [0.15, 0.2) is 23.0 Å². The number of rotatable bonds is 4.